The number of likely N-dealkylation sites (N-methyl/N-ethyl adjacent to an activating group) is 1. The largest absolute Gasteiger partial charge is 0.493 e. The summed E-state index contributed by atoms with van der Waals surface area (Å²) in [4.78, 5) is 7.12. The molecule has 1 aliphatic heterocycles. The molecule has 2 rings (SSSR count). The van der Waals surface area contributed by atoms with Gasteiger partial charge in [-0.3, -0.25) is 9.80 Å². The molecule has 0 bridgehead atoms. The molecule has 6 heteroatoms. The number of hydrogen-bond donors (Lipinski definition) is 1. The molecule has 0 amide bonds. The van der Waals surface area contributed by atoms with Gasteiger partial charge < -0.3 is 19.5 Å². The Hall–Kier alpha value is -1.34. The van der Waals surface area contributed by atoms with Crippen molar-refractivity contribution in [2.24, 2.45) is 0 Å². The van der Waals surface area contributed by atoms with E-state index in [1.807, 2.05) is 19.2 Å². The number of nitrogens with zero attached hydrogens (tertiary/aromatic N) is 3. The van der Waals surface area contributed by atoms with Crippen LogP contribution < -0.4 is 9.47 Å². The Labute approximate surface area is 171 Å². The predicted molar refractivity (Wildman–Crippen MR) is 114 cm³/mol. The minimum atomic E-state index is -0.537. The number of benzene rings is 1. The van der Waals surface area contributed by atoms with Gasteiger partial charge in [0.15, 0.2) is 11.5 Å². The minimum Gasteiger partial charge on any atom is -0.493 e. The van der Waals surface area contributed by atoms with E-state index in [0.29, 0.717) is 30.1 Å². The molecule has 160 valence electrons. The third-order valence-corrected chi connectivity index (χ3v) is 5.58. The number of piperazine rings is 1. The monoisotopic (exact) mass is 393 g/mol. The van der Waals surface area contributed by atoms with Crippen LogP contribution in [0.5, 0.6) is 11.5 Å². The van der Waals surface area contributed by atoms with Gasteiger partial charge >= 0.3 is 0 Å². The van der Waals surface area contributed by atoms with Gasteiger partial charge in [-0.1, -0.05) is 6.07 Å². The summed E-state index contributed by atoms with van der Waals surface area (Å²) in [7, 11) is 3.66. The Bertz CT molecular complexity index is 586. The van der Waals surface area contributed by atoms with Crippen LogP contribution in [0.25, 0.3) is 0 Å². The normalized spacial score (nSPS) is 17.5. The number of ether oxygens (including phenoxy) is 2. The van der Waals surface area contributed by atoms with Crippen molar-refractivity contribution in [1.82, 2.24) is 14.7 Å². The van der Waals surface area contributed by atoms with Crippen molar-refractivity contribution in [1.29, 1.82) is 0 Å². The maximum absolute atomic E-state index is 10.3. The van der Waals surface area contributed by atoms with Crippen molar-refractivity contribution in [3.63, 3.8) is 0 Å². The number of methoxy groups -OCH3 is 1. The quantitative estimate of drug-likeness (QED) is 0.658. The molecule has 1 heterocycles. The fraction of sp³-hybridized carbons (Fsp3) is 0.727. The highest BCUT2D eigenvalue weighted by Crippen LogP contribution is 2.29. The third kappa shape index (κ3) is 6.92. The maximum atomic E-state index is 10.3. The molecule has 0 unspecified atom stereocenters. The molecular weight excluding hydrogens is 354 g/mol. The van der Waals surface area contributed by atoms with Crippen LogP contribution in [0, 0.1) is 0 Å². The predicted octanol–water partition coefficient (Wildman–Crippen LogP) is 2.30. The smallest absolute Gasteiger partial charge is 0.161 e. The first-order valence-electron chi connectivity index (χ1n) is 10.4. The van der Waals surface area contributed by atoms with E-state index in [0.717, 1.165) is 32.7 Å². The lowest BCUT2D eigenvalue weighted by molar-refractivity contribution is 0.0667. The molecule has 1 aromatic rings. The summed E-state index contributed by atoms with van der Waals surface area (Å²) in [6.45, 7) is 14.9. The molecule has 0 aliphatic carbocycles. The van der Waals surface area contributed by atoms with Crippen molar-refractivity contribution in [3.05, 3.63) is 23.8 Å². The number of aliphatic hydroxyl groups excluding tert-OH is 1. The Kier molecular flexibility index (Phi) is 9.02. The first kappa shape index (κ1) is 22.9. The molecule has 1 aliphatic rings. The van der Waals surface area contributed by atoms with Crippen molar-refractivity contribution in [2.75, 3.05) is 53.5 Å². The van der Waals surface area contributed by atoms with Crippen molar-refractivity contribution in [2.45, 2.75) is 52.4 Å². The molecule has 0 aromatic heterocycles. The standard InChI is InChI=1S/C22H39N3O3/c1-17(2)23(5)15-20(26)16-28-22-13-19(7-8-21(22)27-6)14-24-9-11-25(12-10-24)18(3)4/h7-8,13,17-18,20,26H,9-12,14-16H2,1-6H3/t20-/m1/s1. The second kappa shape index (κ2) is 11.0. The summed E-state index contributed by atoms with van der Waals surface area (Å²) in [6, 6.07) is 7.12. The zero-order valence-electron chi connectivity index (χ0n) is 18.5. The first-order chi connectivity index (χ1) is 13.3. The molecule has 1 N–H and O–H groups in total. The van der Waals surface area contributed by atoms with Gasteiger partial charge in [0.1, 0.15) is 12.7 Å². The van der Waals surface area contributed by atoms with E-state index in [2.05, 4.69) is 48.5 Å². The highest BCUT2D eigenvalue weighted by molar-refractivity contribution is 5.43. The van der Waals surface area contributed by atoms with E-state index < -0.39 is 6.10 Å². The number of rotatable bonds is 10. The average molecular weight is 394 g/mol. The molecule has 0 radical (unpaired) electrons. The summed E-state index contributed by atoms with van der Waals surface area (Å²) in [6.07, 6.45) is -0.537. The van der Waals surface area contributed by atoms with Crippen molar-refractivity contribution >= 4 is 0 Å². The van der Waals surface area contributed by atoms with Crippen LogP contribution in [0.15, 0.2) is 18.2 Å². The summed E-state index contributed by atoms with van der Waals surface area (Å²) in [5.41, 5.74) is 1.21. The fourth-order valence-corrected chi connectivity index (χ4v) is 3.41. The van der Waals surface area contributed by atoms with Gasteiger partial charge in [-0.05, 0) is 52.4 Å². The molecule has 1 aromatic carbocycles. The average Bonchev–Trinajstić information content (AvgIpc) is 2.66. The zero-order chi connectivity index (χ0) is 20.7. The summed E-state index contributed by atoms with van der Waals surface area (Å²) >= 11 is 0. The Balaban J connectivity index is 1.92. The lowest BCUT2D eigenvalue weighted by Crippen LogP contribution is -2.48. The van der Waals surface area contributed by atoms with E-state index in [4.69, 9.17) is 9.47 Å². The summed E-state index contributed by atoms with van der Waals surface area (Å²) in [5.74, 6) is 1.41. The zero-order valence-corrected chi connectivity index (χ0v) is 18.5. The van der Waals surface area contributed by atoms with Gasteiger partial charge in [-0.25, -0.2) is 0 Å². The third-order valence-electron chi connectivity index (χ3n) is 5.58. The number of hydrogen-bond acceptors (Lipinski definition) is 6. The van der Waals surface area contributed by atoms with Gasteiger partial charge in [0.2, 0.25) is 0 Å². The molecule has 0 saturated carbocycles. The Morgan fingerprint density at radius 1 is 1.07 bits per heavy atom. The lowest BCUT2D eigenvalue weighted by atomic mass is 10.1. The van der Waals surface area contributed by atoms with E-state index in [1.54, 1.807) is 7.11 Å². The Morgan fingerprint density at radius 2 is 1.75 bits per heavy atom. The van der Waals surface area contributed by atoms with Crippen LogP contribution in [-0.4, -0.2) is 91.5 Å². The second-order valence-electron chi connectivity index (χ2n) is 8.39. The van der Waals surface area contributed by atoms with Gasteiger partial charge in [0.25, 0.3) is 0 Å². The van der Waals surface area contributed by atoms with E-state index in [1.165, 1.54) is 5.56 Å². The molecule has 28 heavy (non-hydrogen) atoms. The molecule has 1 atom stereocenters. The lowest BCUT2D eigenvalue weighted by Gasteiger charge is -2.37. The summed E-state index contributed by atoms with van der Waals surface area (Å²) in [5, 5.41) is 10.3. The van der Waals surface area contributed by atoms with Crippen LogP contribution in [0.1, 0.15) is 33.3 Å². The van der Waals surface area contributed by atoms with E-state index >= 15 is 0 Å². The second-order valence-corrected chi connectivity index (χ2v) is 8.39. The van der Waals surface area contributed by atoms with Crippen LogP contribution in [0.4, 0.5) is 0 Å². The van der Waals surface area contributed by atoms with Crippen LogP contribution >= 0.6 is 0 Å². The van der Waals surface area contributed by atoms with Gasteiger partial charge in [-0.2, -0.15) is 0 Å². The minimum absolute atomic E-state index is 0.254. The Morgan fingerprint density at radius 3 is 2.32 bits per heavy atom. The SMILES string of the molecule is COc1ccc(CN2CCN(C(C)C)CC2)cc1OC[C@H](O)CN(C)C(C)C. The van der Waals surface area contributed by atoms with E-state index in [9.17, 15) is 5.11 Å². The molecule has 0 spiro atoms. The topological polar surface area (TPSA) is 48.4 Å². The fourth-order valence-electron chi connectivity index (χ4n) is 3.41. The molecular formula is C22H39N3O3. The van der Waals surface area contributed by atoms with E-state index in [-0.39, 0.29) is 6.61 Å². The molecule has 1 fully saturated rings. The number of aliphatic hydroxyl groups is 1. The first-order valence-corrected chi connectivity index (χ1v) is 10.4. The van der Waals surface area contributed by atoms with Crippen LogP contribution in [0.3, 0.4) is 0 Å². The molecule has 6 nitrogen and oxygen atoms in total. The van der Waals surface area contributed by atoms with Crippen LogP contribution in [0.2, 0.25) is 0 Å². The van der Waals surface area contributed by atoms with Crippen molar-refractivity contribution < 1.29 is 14.6 Å². The highest BCUT2D eigenvalue weighted by Gasteiger charge is 2.19. The molecule has 1 saturated heterocycles. The van der Waals surface area contributed by atoms with Gasteiger partial charge in [0.05, 0.1) is 7.11 Å². The van der Waals surface area contributed by atoms with Crippen LogP contribution in [-0.2, 0) is 6.54 Å². The van der Waals surface area contributed by atoms with Gasteiger partial charge in [-0.15, -0.1) is 0 Å². The maximum Gasteiger partial charge on any atom is 0.161 e. The van der Waals surface area contributed by atoms with Gasteiger partial charge in [0, 0.05) is 51.4 Å². The van der Waals surface area contributed by atoms with Crippen molar-refractivity contribution in [3.8, 4) is 11.5 Å². The highest BCUT2D eigenvalue weighted by atomic mass is 16.5. The summed E-state index contributed by atoms with van der Waals surface area (Å²) < 4.78 is 11.4.